The van der Waals surface area contributed by atoms with Crippen molar-refractivity contribution in [1.82, 2.24) is 9.88 Å². The molecular formula is C17H24N2O. The third-order valence-electron chi connectivity index (χ3n) is 4.00. The van der Waals surface area contributed by atoms with E-state index in [-0.39, 0.29) is 0 Å². The quantitative estimate of drug-likeness (QED) is 0.903. The second-order valence-corrected chi connectivity index (χ2v) is 5.98. The lowest BCUT2D eigenvalue weighted by Crippen LogP contribution is -2.25. The van der Waals surface area contributed by atoms with E-state index < -0.39 is 0 Å². The molecule has 3 rings (SSSR count). The average Bonchev–Trinajstić information content (AvgIpc) is 3.05. The van der Waals surface area contributed by atoms with Crippen LogP contribution in [-0.2, 0) is 17.8 Å². The fraction of sp³-hybridized carbons (Fsp3) is 0.529. The van der Waals surface area contributed by atoms with Crippen molar-refractivity contribution in [3.05, 3.63) is 36.0 Å². The number of benzene rings is 1. The fourth-order valence-corrected chi connectivity index (χ4v) is 2.93. The molecule has 1 unspecified atom stereocenters. The highest BCUT2D eigenvalue weighted by Gasteiger charge is 2.18. The van der Waals surface area contributed by atoms with Crippen molar-refractivity contribution < 1.29 is 4.74 Å². The fourth-order valence-electron chi connectivity index (χ4n) is 2.93. The van der Waals surface area contributed by atoms with Gasteiger partial charge in [0.05, 0.1) is 6.10 Å². The van der Waals surface area contributed by atoms with Crippen molar-refractivity contribution >= 4 is 10.9 Å². The zero-order valence-corrected chi connectivity index (χ0v) is 12.4. The van der Waals surface area contributed by atoms with E-state index in [9.17, 15) is 0 Å². The first-order chi connectivity index (χ1) is 9.74. The van der Waals surface area contributed by atoms with Gasteiger partial charge in [-0.05, 0) is 30.4 Å². The minimum absolute atomic E-state index is 0.378. The molecule has 0 amide bonds. The molecule has 3 heteroatoms. The molecule has 3 nitrogen and oxygen atoms in total. The minimum Gasteiger partial charge on any atom is -0.376 e. The molecule has 1 saturated heterocycles. The first-order valence-corrected chi connectivity index (χ1v) is 7.66. The van der Waals surface area contributed by atoms with Gasteiger partial charge in [-0.2, -0.15) is 0 Å². The first kappa shape index (κ1) is 13.7. The molecule has 1 aliphatic rings. The molecular weight excluding hydrogens is 248 g/mol. The Morgan fingerprint density at radius 2 is 2.20 bits per heavy atom. The lowest BCUT2D eigenvalue weighted by Gasteiger charge is -2.16. The molecule has 1 aromatic carbocycles. The Bertz CT molecular complexity index is 567. The summed E-state index contributed by atoms with van der Waals surface area (Å²) in [5, 5.41) is 4.85. The van der Waals surface area contributed by atoms with Gasteiger partial charge in [0.2, 0.25) is 0 Å². The number of ether oxygens (including phenoxy) is 1. The lowest BCUT2D eigenvalue weighted by molar-refractivity contribution is 0.0973. The van der Waals surface area contributed by atoms with Crippen LogP contribution in [0.5, 0.6) is 0 Å². The van der Waals surface area contributed by atoms with Crippen LogP contribution in [0, 0.1) is 0 Å². The minimum atomic E-state index is 0.378. The standard InChI is InChI=1S/C17H24N2O/c1-13(2)18-11-15-10-14-6-3-4-8-17(14)19(15)12-16-7-5-9-20-16/h3-4,6,8,10,13,16,18H,5,7,9,11-12H2,1-2H3. The molecule has 20 heavy (non-hydrogen) atoms. The van der Waals surface area contributed by atoms with E-state index in [0.29, 0.717) is 12.1 Å². The summed E-state index contributed by atoms with van der Waals surface area (Å²) in [5.41, 5.74) is 2.68. The zero-order valence-electron chi connectivity index (χ0n) is 12.4. The molecule has 2 aromatic rings. The van der Waals surface area contributed by atoms with E-state index in [1.165, 1.54) is 29.4 Å². The topological polar surface area (TPSA) is 26.2 Å². The Balaban J connectivity index is 1.90. The van der Waals surface area contributed by atoms with Gasteiger partial charge in [0.15, 0.2) is 0 Å². The van der Waals surface area contributed by atoms with Gasteiger partial charge >= 0.3 is 0 Å². The van der Waals surface area contributed by atoms with Crippen molar-refractivity contribution in [2.75, 3.05) is 6.61 Å². The number of rotatable bonds is 5. The summed E-state index contributed by atoms with van der Waals surface area (Å²) in [6, 6.07) is 11.4. The second kappa shape index (κ2) is 5.98. The zero-order chi connectivity index (χ0) is 13.9. The summed E-state index contributed by atoms with van der Waals surface area (Å²) in [4.78, 5) is 0. The SMILES string of the molecule is CC(C)NCc1cc2ccccc2n1CC1CCCO1. The number of nitrogens with zero attached hydrogens (tertiary/aromatic N) is 1. The van der Waals surface area contributed by atoms with Crippen LogP contribution >= 0.6 is 0 Å². The number of hydrogen-bond acceptors (Lipinski definition) is 2. The van der Waals surface area contributed by atoms with Crippen LogP contribution in [0.1, 0.15) is 32.4 Å². The van der Waals surface area contributed by atoms with Crippen LogP contribution in [0.25, 0.3) is 10.9 Å². The summed E-state index contributed by atoms with van der Waals surface area (Å²) >= 11 is 0. The Hall–Kier alpha value is -1.32. The molecule has 1 N–H and O–H groups in total. The van der Waals surface area contributed by atoms with Gasteiger partial charge in [-0.15, -0.1) is 0 Å². The van der Waals surface area contributed by atoms with Crippen molar-refractivity contribution in [3.63, 3.8) is 0 Å². The first-order valence-electron chi connectivity index (χ1n) is 7.66. The molecule has 0 bridgehead atoms. The van der Waals surface area contributed by atoms with E-state index in [2.05, 4.69) is 54.1 Å². The van der Waals surface area contributed by atoms with Crippen molar-refractivity contribution in [2.45, 2.75) is 51.9 Å². The molecule has 1 fully saturated rings. The summed E-state index contributed by atoms with van der Waals surface area (Å²) in [6.45, 7) is 7.19. The molecule has 0 spiro atoms. The van der Waals surface area contributed by atoms with Gasteiger partial charge in [-0.25, -0.2) is 0 Å². The van der Waals surface area contributed by atoms with E-state index in [1.54, 1.807) is 0 Å². The van der Waals surface area contributed by atoms with Crippen LogP contribution in [-0.4, -0.2) is 23.3 Å². The van der Waals surface area contributed by atoms with Crippen LogP contribution in [0.4, 0.5) is 0 Å². The van der Waals surface area contributed by atoms with E-state index >= 15 is 0 Å². The van der Waals surface area contributed by atoms with Gasteiger partial charge in [-0.3, -0.25) is 0 Å². The maximum atomic E-state index is 5.81. The van der Waals surface area contributed by atoms with E-state index in [0.717, 1.165) is 19.7 Å². The van der Waals surface area contributed by atoms with Gasteiger partial charge in [0.1, 0.15) is 0 Å². The Kier molecular flexibility index (Phi) is 4.08. The van der Waals surface area contributed by atoms with Gasteiger partial charge in [0.25, 0.3) is 0 Å². The highest BCUT2D eigenvalue weighted by Crippen LogP contribution is 2.23. The lowest BCUT2D eigenvalue weighted by atomic mass is 10.2. The maximum absolute atomic E-state index is 5.81. The average molecular weight is 272 g/mol. The predicted octanol–water partition coefficient (Wildman–Crippen LogP) is 3.32. The van der Waals surface area contributed by atoms with Crippen LogP contribution in [0.2, 0.25) is 0 Å². The van der Waals surface area contributed by atoms with Gasteiger partial charge in [-0.1, -0.05) is 32.0 Å². The molecule has 1 aliphatic heterocycles. The summed E-state index contributed by atoms with van der Waals surface area (Å²) < 4.78 is 8.25. The molecule has 0 aliphatic carbocycles. The number of para-hydroxylation sites is 1. The number of aromatic nitrogens is 1. The Morgan fingerprint density at radius 3 is 2.95 bits per heavy atom. The van der Waals surface area contributed by atoms with Crippen LogP contribution in [0.15, 0.2) is 30.3 Å². The summed E-state index contributed by atoms with van der Waals surface area (Å²) in [5.74, 6) is 0. The third-order valence-corrected chi connectivity index (χ3v) is 4.00. The number of hydrogen-bond donors (Lipinski definition) is 1. The molecule has 108 valence electrons. The van der Waals surface area contributed by atoms with Crippen LogP contribution in [0.3, 0.4) is 0 Å². The highest BCUT2D eigenvalue weighted by atomic mass is 16.5. The van der Waals surface area contributed by atoms with Gasteiger partial charge in [0, 0.05) is 36.9 Å². The third kappa shape index (κ3) is 2.89. The maximum Gasteiger partial charge on any atom is 0.0754 e. The molecule has 0 radical (unpaired) electrons. The highest BCUT2D eigenvalue weighted by molar-refractivity contribution is 5.81. The summed E-state index contributed by atoms with van der Waals surface area (Å²) in [7, 11) is 0. The molecule has 1 atom stereocenters. The number of fused-ring (bicyclic) bond motifs is 1. The monoisotopic (exact) mass is 272 g/mol. The van der Waals surface area contributed by atoms with Crippen molar-refractivity contribution in [3.8, 4) is 0 Å². The predicted molar refractivity (Wildman–Crippen MR) is 82.9 cm³/mol. The van der Waals surface area contributed by atoms with Crippen molar-refractivity contribution in [1.29, 1.82) is 0 Å². The van der Waals surface area contributed by atoms with E-state index in [4.69, 9.17) is 4.74 Å². The summed E-state index contributed by atoms with van der Waals surface area (Å²) in [6.07, 6.45) is 2.76. The molecule has 1 aromatic heterocycles. The smallest absolute Gasteiger partial charge is 0.0754 e. The van der Waals surface area contributed by atoms with E-state index in [1.807, 2.05) is 0 Å². The Labute approximate surface area is 120 Å². The van der Waals surface area contributed by atoms with Crippen molar-refractivity contribution in [2.24, 2.45) is 0 Å². The van der Waals surface area contributed by atoms with Crippen LogP contribution < -0.4 is 5.32 Å². The normalized spacial score (nSPS) is 19.2. The second-order valence-electron chi connectivity index (χ2n) is 5.98. The van der Waals surface area contributed by atoms with Gasteiger partial charge < -0.3 is 14.6 Å². The molecule has 0 saturated carbocycles. The number of nitrogens with one attached hydrogen (secondary N) is 1. The Morgan fingerprint density at radius 1 is 1.35 bits per heavy atom. The molecule has 2 heterocycles. The largest absolute Gasteiger partial charge is 0.376 e.